The van der Waals surface area contributed by atoms with Crippen molar-refractivity contribution >= 4 is 23.5 Å². The molecule has 128 valence electrons. The molecule has 2 aromatic rings. The Balaban J connectivity index is 2.23. The van der Waals surface area contributed by atoms with Gasteiger partial charge in [-0.3, -0.25) is 9.48 Å². The number of hydrogen-bond donors (Lipinski definition) is 0. The van der Waals surface area contributed by atoms with E-state index in [1.54, 1.807) is 30.1 Å². The SMILES string of the molecule is CCCOc1c(Cl)cc(/C=C/C(=O)c2cnn(C)c2)cc1OCC. The van der Waals surface area contributed by atoms with E-state index in [1.807, 2.05) is 19.9 Å². The number of allylic oxidation sites excluding steroid dienone is 1. The van der Waals surface area contributed by atoms with Crippen LogP contribution in [-0.4, -0.2) is 28.8 Å². The Morgan fingerprint density at radius 2 is 2.12 bits per heavy atom. The smallest absolute Gasteiger partial charge is 0.189 e. The van der Waals surface area contributed by atoms with Crippen LogP contribution < -0.4 is 9.47 Å². The van der Waals surface area contributed by atoms with Gasteiger partial charge in [-0.1, -0.05) is 24.6 Å². The van der Waals surface area contributed by atoms with Gasteiger partial charge < -0.3 is 9.47 Å². The number of aromatic nitrogens is 2. The van der Waals surface area contributed by atoms with E-state index in [4.69, 9.17) is 21.1 Å². The molecule has 6 heteroatoms. The number of halogens is 1. The van der Waals surface area contributed by atoms with Crippen molar-refractivity contribution in [2.45, 2.75) is 20.3 Å². The summed E-state index contributed by atoms with van der Waals surface area (Å²) in [5.41, 5.74) is 1.30. The largest absolute Gasteiger partial charge is 0.490 e. The highest BCUT2D eigenvalue weighted by molar-refractivity contribution is 6.32. The second-order valence-corrected chi connectivity index (χ2v) is 5.62. The van der Waals surface area contributed by atoms with Crippen LogP contribution in [0.4, 0.5) is 0 Å². The zero-order valence-corrected chi connectivity index (χ0v) is 14.8. The summed E-state index contributed by atoms with van der Waals surface area (Å²) in [6.45, 7) is 4.98. The Kier molecular flexibility index (Phi) is 6.44. The Labute approximate surface area is 146 Å². The summed E-state index contributed by atoms with van der Waals surface area (Å²) >= 11 is 6.30. The monoisotopic (exact) mass is 348 g/mol. The fourth-order valence-corrected chi connectivity index (χ4v) is 2.38. The Morgan fingerprint density at radius 3 is 2.75 bits per heavy atom. The van der Waals surface area contributed by atoms with E-state index in [9.17, 15) is 4.79 Å². The van der Waals surface area contributed by atoms with Crippen LogP contribution in [0.2, 0.25) is 5.02 Å². The Morgan fingerprint density at radius 1 is 1.33 bits per heavy atom. The highest BCUT2D eigenvalue weighted by Gasteiger charge is 2.12. The first-order valence-corrected chi connectivity index (χ1v) is 8.23. The summed E-state index contributed by atoms with van der Waals surface area (Å²) in [5, 5.41) is 4.45. The molecule has 0 atom stereocenters. The molecule has 0 bridgehead atoms. The maximum Gasteiger partial charge on any atom is 0.189 e. The first kappa shape index (κ1) is 18.1. The molecule has 0 unspecified atom stereocenters. The summed E-state index contributed by atoms with van der Waals surface area (Å²) in [5.74, 6) is 0.992. The molecule has 0 spiro atoms. The van der Waals surface area contributed by atoms with Crippen molar-refractivity contribution in [3.8, 4) is 11.5 Å². The quantitative estimate of drug-likeness (QED) is 0.531. The second-order valence-electron chi connectivity index (χ2n) is 5.21. The molecule has 5 nitrogen and oxygen atoms in total. The molecule has 2 rings (SSSR count). The highest BCUT2D eigenvalue weighted by Crippen LogP contribution is 2.37. The fourth-order valence-electron chi connectivity index (χ4n) is 2.11. The maximum atomic E-state index is 12.1. The average molecular weight is 349 g/mol. The average Bonchev–Trinajstić information content (AvgIpc) is 2.99. The first-order chi connectivity index (χ1) is 11.5. The number of ether oxygens (including phenoxy) is 2. The van der Waals surface area contributed by atoms with Crippen LogP contribution in [0.1, 0.15) is 36.2 Å². The van der Waals surface area contributed by atoms with Gasteiger partial charge >= 0.3 is 0 Å². The number of ketones is 1. The van der Waals surface area contributed by atoms with Gasteiger partial charge in [0, 0.05) is 13.2 Å². The van der Waals surface area contributed by atoms with Crippen LogP contribution in [0.5, 0.6) is 11.5 Å². The van der Waals surface area contributed by atoms with Crippen LogP contribution >= 0.6 is 11.6 Å². The molecular formula is C18H21ClN2O3. The molecule has 0 aliphatic carbocycles. The normalized spacial score (nSPS) is 11.0. The Bertz CT molecular complexity index is 738. The van der Waals surface area contributed by atoms with Crippen LogP contribution in [0.25, 0.3) is 6.08 Å². The van der Waals surface area contributed by atoms with Crippen LogP contribution in [0.3, 0.4) is 0 Å². The van der Waals surface area contributed by atoms with E-state index in [-0.39, 0.29) is 5.78 Å². The second kappa shape index (κ2) is 8.55. The molecule has 1 aromatic heterocycles. The molecule has 0 radical (unpaired) electrons. The lowest BCUT2D eigenvalue weighted by Gasteiger charge is -2.14. The van der Waals surface area contributed by atoms with E-state index in [2.05, 4.69) is 5.10 Å². The Hall–Kier alpha value is -2.27. The predicted molar refractivity (Wildman–Crippen MR) is 95.0 cm³/mol. The number of rotatable bonds is 8. The third-order valence-electron chi connectivity index (χ3n) is 3.20. The highest BCUT2D eigenvalue weighted by atomic mass is 35.5. The number of aryl methyl sites for hydroxylation is 1. The fraction of sp³-hybridized carbons (Fsp3) is 0.333. The van der Waals surface area contributed by atoms with Crippen molar-refractivity contribution in [2.24, 2.45) is 7.05 Å². The topological polar surface area (TPSA) is 53.3 Å². The minimum absolute atomic E-state index is 0.122. The minimum atomic E-state index is -0.122. The van der Waals surface area contributed by atoms with Crippen molar-refractivity contribution in [1.82, 2.24) is 9.78 Å². The van der Waals surface area contributed by atoms with Gasteiger partial charge in [-0.2, -0.15) is 5.10 Å². The van der Waals surface area contributed by atoms with E-state index in [0.29, 0.717) is 35.3 Å². The molecule has 0 saturated carbocycles. The number of benzene rings is 1. The predicted octanol–water partition coefficient (Wildman–Crippen LogP) is 4.16. The van der Waals surface area contributed by atoms with Crippen molar-refractivity contribution in [1.29, 1.82) is 0 Å². The lowest BCUT2D eigenvalue weighted by molar-refractivity contribution is 0.104. The molecule has 0 aliphatic heterocycles. The molecule has 1 aromatic carbocycles. The van der Waals surface area contributed by atoms with Crippen molar-refractivity contribution < 1.29 is 14.3 Å². The van der Waals surface area contributed by atoms with Crippen molar-refractivity contribution in [3.05, 3.63) is 46.8 Å². The summed E-state index contributed by atoms with van der Waals surface area (Å²) in [6, 6.07) is 3.56. The summed E-state index contributed by atoms with van der Waals surface area (Å²) in [6.07, 6.45) is 7.28. The molecule has 1 heterocycles. The number of nitrogens with zero attached hydrogens (tertiary/aromatic N) is 2. The van der Waals surface area contributed by atoms with Crippen LogP contribution in [0, 0.1) is 0 Å². The van der Waals surface area contributed by atoms with Crippen LogP contribution in [0.15, 0.2) is 30.6 Å². The van der Waals surface area contributed by atoms with Gasteiger partial charge in [0.1, 0.15) is 0 Å². The van der Waals surface area contributed by atoms with E-state index < -0.39 is 0 Å². The van der Waals surface area contributed by atoms with Crippen molar-refractivity contribution in [3.63, 3.8) is 0 Å². The number of carbonyl (C=O) groups excluding carboxylic acids is 1. The van der Waals surface area contributed by atoms with Gasteiger partial charge in [0.15, 0.2) is 17.3 Å². The molecule has 0 saturated heterocycles. The van der Waals surface area contributed by atoms with Crippen LogP contribution in [-0.2, 0) is 7.05 Å². The lowest BCUT2D eigenvalue weighted by Crippen LogP contribution is -2.01. The first-order valence-electron chi connectivity index (χ1n) is 7.85. The van der Waals surface area contributed by atoms with Gasteiger partial charge in [0.2, 0.25) is 0 Å². The molecule has 0 aliphatic rings. The van der Waals surface area contributed by atoms with E-state index >= 15 is 0 Å². The van der Waals surface area contributed by atoms with Gasteiger partial charge in [-0.05, 0) is 37.1 Å². The molecule has 0 fully saturated rings. The zero-order chi connectivity index (χ0) is 17.5. The third-order valence-corrected chi connectivity index (χ3v) is 3.48. The van der Waals surface area contributed by atoms with Gasteiger partial charge in [-0.15, -0.1) is 0 Å². The number of hydrogen-bond acceptors (Lipinski definition) is 4. The standard InChI is InChI=1S/C18H21ClN2O3/c1-4-8-24-18-15(19)9-13(10-17(18)23-5-2)6-7-16(22)14-11-20-21(3)12-14/h6-7,9-12H,4-5,8H2,1-3H3/b7-6+. The van der Waals surface area contributed by atoms with E-state index in [1.165, 1.54) is 12.3 Å². The minimum Gasteiger partial charge on any atom is -0.490 e. The summed E-state index contributed by atoms with van der Waals surface area (Å²) < 4.78 is 12.9. The van der Waals surface area contributed by atoms with Crippen molar-refractivity contribution in [2.75, 3.05) is 13.2 Å². The summed E-state index contributed by atoms with van der Waals surface area (Å²) in [4.78, 5) is 12.1. The summed E-state index contributed by atoms with van der Waals surface area (Å²) in [7, 11) is 1.77. The molecular weight excluding hydrogens is 328 g/mol. The molecule has 24 heavy (non-hydrogen) atoms. The molecule has 0 N–H and O–H groups in total. The van der Waals surface area contributed by atoms with Gasteiger partial charge in [0.05, 0.1) is 30.0 Å². The third kappa shape index (κ3) is 4.61. The van der Waals surface area contributed by atoms with E-state index in [0.717, 1.165) is 12.0 Å². The number of carbonyl (C=O) groups is 1. The zero-order valence-electron chi connectivity index (χ0n) is 14.1. The lowest BCUT2D eigenvalue weighted by atomic mass is 10.1. The molecule has 0 amide bonds. The van der Waals surface area contributed by atoms with Gasteiger partial charge in [0.25, 0.3) is 0 Å². The maximum absolute atomic E-state index is 12.1. The van der Waals surface area contributed by atoms with Gasteiger partial charge in [-0.25, -0.2) is 0 Å².